The molecule has 144 valence electrons. The van der Waals surface area contributed by atoms with E-state index in [-0.39, 0.29) is 23.6 Å². The fraction of sp³-hybridized carbons (Fsp3) is 0.526. The van der Waals surface area contributed by atoms with Gasteiger partial charge in [-0.2, -0.15) is 0 Å². The minimum atomic E-state index is -0.139. The molecule has 2 aromatic rings. The number of anilines is 1. The third-order valence-corrected chi connectivity index (χ3v) is 6.27. The lowest BCUT2D eigenvalue weighted by Crippen LogP contribution is -2.48. The number of thiazole rings is 1. The predicted molar refractivity (Wildman–Crippen MR) is 105 cm³/mol. The molecule has 27 heavy (non-hydrogen) atoms. The summed E-state index contributed by atoms with van der Waals surface area (Å²) in [5, 5.41) is 5.81. The van der Waals surface area contributed by atoms with Gasteiger partial charge < -0.3 is 20.3 Å². The Bertz CT molecular complexity index is 844. The van der Waals surface area contributed by atoms with Crippen molar-refractivity contribution in [2.24, 2.45) is 0 Å². The first-order chi connectivity index (χ1) is 13.0. The third-order valence-electron chi connectivity index (χ3n) is 5.46. The fourth-order valence-electron chi connectivity index (χ4n) is 3.92. The van der Waals surface area contributed by atoms with Crippen LogP contribution in [0.4, 0.5) is 10.5 Å². The number of carbonyl (C=O) groups is 2. The standard InChI is InChI=1S/C19H24N4O3S/c1-13(24)20-11-15-4-5-19(26-15)6-8-23(9-7-19)18(25)22-14-2-3-17-16(10-14)21-12-27-17/h2-3,10,12,15H,4-9,11H2,1H3,(H,20,24)(H,22,25). The molecule has 0 aliphatic carbocycles. The highest BCUT2D eigenvalue weighted by atomic mass is 32.1. The number of nitrogens with one attached hydrogen (secondary N) is 2. The average molecular weight is 388 g/mol. The van der Waals surface area contributed by atoms with Gasteiger partial charge in [-0.05, 0) is 43.9 Å². The van der Waals surface area contributed by atoms with Gasteiger partial charge in [0.25, 0.3) is 0 Å². The Balaban J connectivity index is 1.29. The van der Waals surface area contributed by atoms with Crippen LogP contribution in [-0.2, 0) is 9.53 Å². The van der Waals surface area contributed by atoms with E-state index in [1.54, 1.807) is 16.8 Å². The van der Waals surface area contributed by atoms with Crippen molar-refractivity contribution in [3.05, 3.63) is 23.7 Å². The summed E-state index contributed by atoms with van der Waals surface area (Å²) in [7, 11) is 0. The van der Waals surface area contributed by atoms with Gasteiger partial charge in [0.05, 0.1) is 27.4 Å². The van der Waals surface area contributed by atoms with Crippen molar-refractivity contribution >= 4 is 39.2 Å². The minimum absolute atomic E-state index is 0.0260. The lowest BCUT2D eigenvalue weighted by atomic mass is 9.88. The molecule has 2 fully saturated rings. The Labute approximate surface area is 162 Å². The van der Waals surface area contributed by atoms with Crippen LogP contribution in [0.3, 0.4) is 0 Å². The highest BCUT2D eigenvalue weighted by Gasteiger charge is 2.43. The first-order valence-corrected chi connectivity index (χ1v) is 10.2. The molecule has 2 N–H and O–H groups in total. The maximum Gasteiger partial charge on any atom is 0.321 e. The number of likely N-dealkylation sites (tertiary alicyclic amines) is 1. The molecule has 1 spiro atoms. The molecule has 2 saturated heterocycles. The lowest BCUT2D eigenvalue weighted by Gasteiger charge is -2.39. The largest absolute Gasteiger partial charge is 0.370 e. The van der Waals surface area contributed by atoms with Gasteiger partial charge in [0.15, 0.2) is 0 Å². The highest BCUT2D eigenvalue weighted by Crippen LogP contribution is 2.38. The number of rotatable bonds is 3. The van der Waals surface area contributed by atoms with Crippen LogP contribution in [0.5, 0.6) is 0 Å². The number of benzene rings is 1. The smallest absolute Gasteiger partial charge is 0.321 e. The maximum atomic E-state index is 12.6. The van der Waals surface area contributed by atoms with Gasteiger partial charge in [-0.25, -0.2) is 9.78 Å². The van der Waals surface area contributed by atoms with Gasteiger partial charge >= 0.3 is 6.03 Å². The van der Waals surface area contributed by atoms with Crippen LogP contribution in [0.2, 0.25) is 0 Å². The lowest BCUT2D eigenvalue weighted by molar-refractivity contribution is -0.120. The summed E-state index contributed by atoms with van der Waals surface area (Å²) in [6.45, 7) is 3.45. The summed E-state index contributed by atoms with van der Waals surface area (Å²) >= 11 is 1.59. The number of hydrogen-bond acceptors (Lipinski definition) is 5. The Morgan fingerprint density at radius 1 is 1.33 bits per heavy atom. The molecule has 1 aromatic heterocycles. The van der Waals surface area contributed by atoms with E-state index in [0.29, 0.717) is 19.6 Å². The number of amides is 3. The summed E-state index contributed by atoms with van der Waals surface area (Å²) in [6, 6.07) is 5.72. The van der Waals surface area contributed by atoms with Crippen molar-refractivity contribution in [1.29, 1.82) is 0 Å². The van der Waals surface area contributed by atoms with Gasteiger partial charge in [-0.1, -0.05) is 0 Å². The van der Waals surface area contributed by atoms with Crippen LogP contribution in [0.1, 0.15) is 32.6 Å². The number of fused-ring (bicyclic) bond motifs is 1. The van der Waals surface area contributed by atoms with Gasteiger partial charge in [0.2, 0.25) is 5.91 Å². The molecular formula is C19H24N4O3S. The van der Waals surface area contributed by atoms with Crippen LogP contribution in [0.25, 0.3) is 10.2 Å². The average Bonchev–Trinajstić information content (AvgIpc) is 3.27. The zero-order valence-electron chi connectivity index (χ0n) is 15.4. The molecular weight excluding hydrogens is 364 g/mol. The van der Waals surface area contributed by atoms with Crippen molar-refractivity contribution in [1.82, 2.24) is 15.2 Å². The summed E-state index contributed by atoms with van der Waals surface area (Å²) in [4.78, 5) is 29.8. The van der Waals surface area contributed by atoms with E-state index in [1.165, 1.54) is 6.92 Å². The zero-order chi connectivity index (χ0) is 18.9. The van der Waals surface area contributed by atoms with Crippen LogP contribution in [0.15, 0.2) is 23.7 Å². The molecule has 0 saturated carbocycles. The summed E-state index contributed by atoms with van der Waals surface area (Å²) in [5.74, 6) is -0.0260. The molecule has 8 heteroatoms. The Morgan fingerprint density at radius 3 is 2.93 bits per heavy atom. The normalized spacial score (nSPS) is 21.5. The predicted octanol–water partition coefficient (Wildman–Crippen LogP) is 2.98. The molecule has 1 unspecified atom stereocenters. The van der Waals surface area contributed by atoms with Crippen molar-refractivity contribution < 1.29 is 14.3 Å². The summed E-state index contributed by atoms with van der Waals surface area (Å²) in [5.41, 5.74) is 3.34. The quantitative estimate of drug-likeness (QED) is 0.847. The molecule has 1 aromatic carbocycles. The molecule has 2 aliphatic heterocycles. The monoisotopic (exact) mass is 388 g/mol. The van der Waals surface area contributed by atoms with Crippen molar-refractivity contribution in [3.8, 4) is 0 Å². The van der Waals surface area contributed by atoms with Gasteiger partial charge in [-0.3, -0.25) is 4.79 Å². The maximum absolute atomic E-state index is 12.6. The topological polar surface area (TPSA) is 83.6 Å². The molecule has 2 aliphatic rings. The molecule has 0 radical (unpaired) electrons. The zero-order valence-corrected chi connectivity index (χ0v) is 16.2. The number of carbonyl (C=O) groups excluding carboxylic acids is 2. The van der Waals surface area contributed by atoms with E-state index in [2.05, 4.69) is 15.6 Å². The van der Waals surface area contributed by atoms with Crippen molar-refractivity contribution in [2.75, 3.05) is 25.0 Å². The van der Waals surface area contributed by atoms with Crippen LogP contribution < -0.4 is 10.6 Å². The highest BCUT2D eigenvalue weighted by molar-refractivity contribution is 7.16. The molecule has 1 atom stereocenters. The van der Waals surface area contributed by atoms with E-state index in [1.807, 2.05) is 23.1 Å². The number of aromatic nitrogens is 1. The second-order valence-electron chi connectivity index (χ2n) is 7.35. The van der Waals surface area contributed by atoms with E-state index in [9.17, 15) is 9.59 Å². The van der Waals surface area contributed by atoms with E-state index < -0.39 is 0 Å². The minimum Gasteiger partial charge on any atom is -0.370 e. The van der Waals surface area contributed by atoms with Gasteiger partial charge in [-0.15, -0.1) is 11.3 Å². The molecule has 7 nitrogen and oxygen atoms in total. The third kappa shape index (κ3) is 4.06. The number of nitrogens with zero attached hydrogens (tertiary/aromatic N) is 2. The number of ether oxygens (including phenoxy) is 1. The second-order valence-corrected chi connectivity index (χ2v) is 8.24. The van der Waals surface area contributed by atoms with Crippen LogP contribution in [0, 0.1) is 0 Å². The Hall–Kier alpha value is -2.19. The molecule has 4 rings (SSSR count). The molecule has 3 amide bonds. The van der Waals surface area contributed by atoms with E-state index in [4.69, 9.17) is 4.74 Å². The van der Waals surface area contributed by atoms with Crippen molar-refractivity contribution in [3.63, 3.8) is 0 Å². The first-order valence-electron chi connectivity index (χ1n) is 9.34. The first kappa shape index (κ1) is 18.2. The number of hydrogen-bond donors (Lipinski definition) is 2. The van der Waals surface area contributed by atoms with E-state index >= 15 is 0 Å². The fourth-order valence-corrected chi connectivity index (χ4v) is 4.58. The van der Waals surface area contributed by atoms with Gasteiger partial charge in [0, 0.05) is 32.2 Å². The summed E-state index contributed by atoms with van der Waals surface area (Å²) < 4.78 is 7.36. The number of piperidine rings is 1. The van der Waals surface area contributed by atoms with Crippen LogP contribution >= 0.6 is 11.3 Å². The molecule has 0 bridgehead atoms. The van der Waals surface area contributed by atoms with Crippen LogP contribution in [-0.4, -0.2) is 53.2 Å². The number of urea groups is 1. The Morgan fingerprint density at radius 2 is 2.15 bits per heavy atom. The Kier molecular flexibility index (Phi) is 5.01. The van der Waals surface area contributed by atoms with E-state index in [0.717, 1.165) is 41.6 Å². The molecule has 3 heterocycles. The van der Waals surface area contributed by atoms with Gasteiger partial charge in [0.1, 0.15) is 0 Å². The van der Waals surface area contributed by atoms with Crippen molar-refractivity contribution in [2.45, 2.75) is 44.3 Å². The SMILES string of the molecule is CC(=O)NCC1CCC2(CCN(C(=O)Nc3ccc4scnc4c3)CC2)O1. The second kappa shape index (κ2) is 7.44. The summed E-state index contributed by atoms with van der Waals surface area (Å²) in [6.07, 6.45) is 3.71.